The molecule has 2 aromatic carbocycles. The second-order valence-electron chi connectivity index (χ2n) is 7.20. The Hall–Kier alpha value is -2.87. The van der Waals surface area contributed by atoms with E-state index in [0.29, 0.717) is 30.9 Å². The SMILES string of the molecule is CCOc1cc(C2Nc3ccccc3C(=O)N2CC2CCCO2)ccc1OC(F)F. The van der Waals surface area contributed by atoms with Crippen molar-refractivity contribution in [2.75, 3.05) is 25.1 Å². The Balaban J connectivity index is 1.70. The zero-order valence-corrected chi connectivity index (χ0v) is 16.6. The maximum Gasteiger partial charge on any atom is 0.387 e. The molecule has 2 unspecified atom stereocenters. The fourth-order valence-corrected chi connectivity index (χ4v) is 3.91. The molecule has 6 nitrogen and oxygen atoms in total. The van der Waals surface area contributed by atoms with Crippen molar-refractivity contribution in [3.8, 4) is 11.5 Å². The zero-order valence-electron chi connectivity index (χ0n) is 16.6. The highest BCUT2D eigenvalue weighted by molar-refractivity contribution is 6.01. The minimum Gasteiger partial charge on any atom is -0.490 e. The molecule has 0 bridgehead atoms. The number of ether oxygens (including phenoxy) is 3. The van der Waals surface area contributed by atoms with E-state index in [4.69, 9.17) is 9.47 Å². The molecule has 2 aliphatic rings. The number of para-hydroxylation sites is 1. The Bertz CT molecular complexity index is 902. The number of benzene rings is 2. The van der Waals surface area contributed by atoms with Gasteiger partial charge in [-0.15, -0.1) is 0 Å². The molecule has 1 amide bonds. The van der Waals surface area contributed by atoms with Gasteiger partial charge in [-0.2, -0.15) is 8.78 Å². The Morgan fingerprint density at radius 2 is 2.07 bits per heavy atom. The highest BCUT2D eigenvalue weighted by Gasteiger charge is 2.35. The van der Waals surface area contributed by atoms with Gasteiger partial charge in [0.25, 0.3) is 5.91 Å². The molecule has 0 spiro atoms. The lowest BCUT2D eigenvalue weighted by Gasteiger charge is -2.39. The van der Waals surface area contributed by atoms with Crippen molar-refractivity contribution in [1.29, 1.82) is 0 Å². The van der Waals surface area contributed by atoms with Crippen LogP contribution in [0.15, 0.2) is 42.5 Å². The van der Waals surface area contributed by atoms with Crippen molar-refractivity contribution in [2.24, 2.45) is 0 Å². The maximum atomic E-state index is 13.3. The average Bonchev–Trinajstić information content (AvgIpc) is 3.24. The molecule has 0 saturated carbocycles. The van der Waals surface area contributed by atoms with Crippen LogP contribution in [0, 0.1) is 0 Å². The molecule has 4 rings (SSSR count). The van der Waals surface area contributed by atoms with Gasteiger partial charge in [0.15, 0.2) is 11.5 Å². The first-order valence-electron chi connectivity index (χ1n) is 10.1. The molecule has 1 N–H and O–H groups in total. The minimum absolute atomic E-state index is 0.0312. The molecule has 2 atom stereocenters. The second-order valence-corrected chi connectivity index (χ2v) is 7.20. The van der Waals surface area contributed by atoms with E-state index in [2.05, 4.69) is 10.1 Å². The molecule has 1 fully saturated rings. The van der Waals surface area contributed by atoms with Gasteiger partial charge in [-0.1, -0.05) is 18.2 Å². The number of hydrogen-bond acceptors (Lipinski definition) is 5. The lowest BCUT2D eigenvalue weighted by molar-refractivity contribution is -0.0514. The lowest BCUT2D eigenvalue weighted by atomic mass is 10.0. The van der Waals surface area contributed by atoms with E-state index in [-0.39, 0.29) is 23.5 Å². The number of amides is 1. The van der Waals surface area contributed by atoms with Crippen LogP contribution in [0.5, 0.6) is 11.5 Å². The second kappa shape index (κ2) is 8.87. The molecule has 160 valence electrons. The van der Waals surface area contributed by atoms with Gasteiger partial charge in [0, 0.05) is 18.8 Å². The smallest absolute Gasteiger partial charge is 0.387 e. The lowest BCUT2D eigenvalue weighted by Crippen LogP contribution is -2.46. The number of nitrogens with one attached hydrogen (secondary N) is 1. The van der Waals surface area contributed by atoms with Gasteiger partial charge in [-0.3, -0.25) is 4.79 Å². The van der Waals surface area contributed by atoms with Gasteiger partial charge in [0.2, 0.25) is 0 Å². The monoisotopic (exact) mass is 418 g/mol. The van der Waals surface area contributed by atoms with Crippen LogP contribution >= 0.6 is 0 Å². The summed E-state index contributed by atoms with van der Waals surface area (Å²) in [5.41, 5.74) is 2.03. The maximum absolute atomic E-state index is 13.3. The van der Waals surface area contributed by atoms with Crippen molar-refractivity contribution < 1.29 is 27.8 Å². The van der Waals surface area contributed by atoms with Crippen LogP contribution in [0.1, 0.15) is 41.9 Å². The molecule has 30 heavy (non-hydrogen) atoms. The van der Waals surface area contributed by atoms with Gasteiger partial charge in [0.05, 0.1) is 18.3 Å². The van der Waals surface area contributed by atoms with Gasteiger partial charge in [-0.25, -0.2) is 0 Å². The number of rotatable bonds is 7. The van der Waals surface area contributed by atoms with Crippen molar-refractivity contribution >= 4 is 11.6 Å². The number of hydrogen-bond donors (Lipinski definition) is 1. The summed E-state index contributed by atoms with van der Waals surface area (Å²) in [5, 5.41) is 3.40. The first kappa shape index (κ1) is 20.4. The Kier molecular flexibility index (Phi) is 6.03. The summed E-state index contributed by atoms with van der Waals surface area (Å²) in [6.07, 6.45) is 1.34. The number of carbonyl (C=O) groups excluding carboxylic acids is 1. The third-order valence-corrected chi connectivity index (χ3v) is 5.25. The van der Waals surface area contributed by atoms with Crippen molar-refractivity contribution in [2.45, 2.75) is 38.6 Å². The standard InChI is InChI=1S/C22H24F2N2O4/c1-2-28-19-12-14(9-10-18(19)30-22(23)24)20-25-17-8-4-3-7-16(17)21(27)26(20)13-15-6-5-11-29-15/h3-4,7-10,12,15,20,22,25H,2,5-6,11,13H2,1H3. The average molecular weight is 418 g/mol. The number of halogens is 2. The molecule has 0 aliphatic carbocycles. The van der Waals surface area contributed by atoms with E-state index in [1.165, 1.54) is 6.07 Å². The van der Waals surface area contributed by atoms with Crippen molar-refractivity contribution in [3.63, 3.8) is 0 Å². The number of carbonyl (C=O) groups is 1. The van der Waals surface area contributed by atoms with E-state index in [1.807, 2.05) is 18.2 Å². The number of alkyl halides is 2. The summed E-state index contributed by atoms with van der Waals surface area (Å²) < 4.78 is 41.3. The van der Waals surface area contributed by atoms with Crippen LogP contribution in [-0.2, 0) is 4.74 Å². The van der Waals surface area contributed by atoms with Crippen molar-refractivity contribution in [1.82, 2.24) is 4.90 Å². The van der Waals surface area contributed by atoms with Gasteiger partial charge in [0.1, 0.15) is 6.17 Å². The normalized spacial score (nSPS) is 20.8. The highest BCUT2D eigenvalue weighted by atomic mass is 19.3. The van der Waals surface area contributed by atoms with Gasteiger partial charge < -0.3 is 24.4 Å². The van der Waals surface area contributed by atoms with E-state index < -0.39 is 12.8 Å². The van der Waals surface area contributed by atoms with E-state index in [0.717, 1.165) is 18.5 Å². The first-order valence-corrected chi connectivity index (χ1v) is 10.1. The predicted molar refractivity (Wildman–Crippen MR) is 107 cm³/mol. The van der Waals surface area contributed by atoms with Crippen LogP contribution in [-0.4, -0.2) is 43.3 Å². The van der Waals surface area contributed by atoms with Crippen LogP contribution in [0.3, 0.4) is 0 Å². The molecule has 0 aromatic heterocycles. The molecule has 0 radical (unpaired) electrons. The molecule has 2 aromatic rings. The van der Waals surface area contributed by atoms with Gasteiger partial charge in [-0.05, 0) is 49.6 Å². The summed E-state index contributed by atoms with van der Waals surface area (Å²) in [6.45, 7) is 0.232. The first-order chi connectivity index (χ1) is 14.6. The van der Waals surface area contributed by atoms with E-state index in [9.17, 15) is 13.6 Å². The molecular weight excluding hydrogens is 394 g/mol. The Morgan fingerprint density at radius 3 is 2.80 bits per heavy atom. The molecular formula is C22H24F2N2O4. The summed E-state index contributed by atoms with van der Waals surface area (Å²) in [6, 6.07) is 12.1. The van der Waals surface area contributed by atoms with Crippen LogP contribution < -0.4 is 14.8 Å². The fourth-order valence-electron chi connectivity index (χ4n) is 3.91. The predicted octanol–water partition coefficient (Wildman–Crippen LogP) is 4.43. The van der Waals surface area contributed by atoms with Crippen LogP contribution in [0.25, 0.3) is 0 Å². The van der Waals surface area contributed by atoms with Crippen molar-refractivity contribution in [3.05, 3.63) is 53.6 Å². The minimum atomic E-state index is -2.95. The Morgan fingerprint density at radius 1 is 1.23 bits per heavy atom. The summed E-state index contributed by atoms with van der Waals surface area (Å²) >= 11 is 0. The summed E-state index contributed by atoms with van der Waals surface area (Å²) in [4.78, 5) is 15.0. The highest BCUT2D eigenvalue weighted by Crippen LogP contribution is 2.38. The fraction of sp³-hybridized carbons (Fsp3) is 0.409. The summed E-state index contributed by atoms with van der Waals surface area (Å²) in [5.74, 6) is 0.0694. The van der Waals surface area contributed by atoms with Crippen LogP contribution in [0.4, 0.5) is 14.5 Å². The topological polar surface area (TPSA) is 60.0 Å². The van der Waals surface area contributed by atoms with E-state index >= 15 is 0 Å². The molecule has 1 saturated heterocycles. The summed E-state index contributed by atoms with van der Waals surface area (Å²) in [7, 11) is 0. The molecule has 2 aliphatic heterocycles. The zero-order chi connectivity index (χ0) is 21.1. The molecule has 8 heteroatoms. The van der Waals surface area contributed by atoms with Crippen LogP contribution in [0.2, 0.25) is 0 Å². The third kappa shape index (κ3) is 4.18. The van der Waals surface area contributed by atoms with E-state index in [1.54, 1.807) is 30.0 Å². The number of nitrogens with zero attached hydrogens (tertiary/aromatic N) is 1. The molecule has 2 heterocycles. The largest absolute Gasteiger partial charge is 0.490 e. The number of fused-ring (bicyclic) bond motifs is 1. The quantitative estimate of drug-likeness (QED) is 0.721. The third-order valence-electron chi connectivity index (χ3n) is 5.25. The van der Waals surface area contributed by atoms with Gasteiger partial charge >= 0.3 is 6.61 Å². The number of anilines is 1. The Labute approximate surface area is 173 Å².